The highest BCUT2D eigenvalue weighted by atomic mass is 19.4. The smallest absolute Gasteiger partial charge is 0.417 e. The highest BCUT2D eigenvalue weighted by Crippen LogP contribution is 2.48. The second-order valence-electron chi connectivity index (χ2n) is 5.74. The van der Waals surface area contributed by atoms with Crippen LogP contribution in [0.15, 0.2) is 12.1 Å². The summed E-state index contributed by atoms with van der Waals surface area (Å²) in [6, 6.07) is 2.09. The van der Waals surface area contributed by atoms with E-state index in [0.717, 1.165) is 25.0 Å². The minimum atomic E-state index is -4.54. The molecule has 1 aliphatic carbocycles. The quantitative estimate of drug-likeness (QED) is 0.925. The Hall–Kier alpha value is -2.05. The molecule has 1 aliphatic rings. The predicted octanol–water partition coefficient (Wildman–Crippen LogP) is 3.34. The van der Waals surface area contributed by atoms with Gasteiger partial charge in [-0.05, 0) is 25.0 Å². The summed E-state index contributed by atoms with van der Waals surface area (Å²) in [5, 5.41) is 8.90. The Morgan fingerprint density at radius 2 is 2.00 bits per heavy atom. The van der Waals surface area contributed by atoms with Crippen molar-refractivity contribution in [3.63, 3.8) is 0 Å². The van der Waals surface area contributed by atoms with Crippen molar-refractivity contribution >= 4 is 17.0 Å². The molecule has 0 saturated heterocycles. The molecule has 1 N–H and O–H groups in total. The lowest BCUT2D eigenvalue weighted by molar-refractivity contribution is -0.136. The van der Waals surface area contributed by atoms with E-state index < -0.39 is 17.7 Å². The number of hydrogen-bond acceptors (Lipinski definition) is 2. The van der Waals surface area contributed by atoms with Crippen molar-refractivity contribution in [2.45, 2.75) is 31.4 Å². The lowest BCUT2D eigenvalue weighted by Gasteiger charge is -2.14. The van der Waals surface area contributed by atoms with Crippen LogP contribution in [0.4, 0.5) is 13.2 Å². The Kier molecular flexibility index (Phi) is 2.64. The van der Waals surface area contributed by atoms with Crippen molar-refractivity contribution in [2.75, 3.05) is 0 Å². The number of carbonyl (C=O) groups is 1. The summed E-state index contributed by atoms with van der Waals surface area (Å²) in [7, 11) is 1.41. The number of hydrogen-bond donors (Lipinski definition) is 1. The molecule has 0 atom stereocenters. The Bertz CT molecular complexity index is 758. The molecule has 2 heterocycles. The fourth-order valence-corrected chi connectivity index (χ4v) is 2.48. The second kappa shape index (κ2) is 3.99. The summed E-state index contributed by atoms with van der Waals surface area (Å²) in [5.41, 5.74) is -0.924. The fourth-order valence-electron chi connectivity index (χ4n) is 2.48. The van der Waals surface area contributed by atoms with Gasteiger partial charge in [-0.15, -0.1) is 0 Å². The van der Waals surface area contributed by atoms with Crippen LogP contribution in [0.3, 0.4) is 0 Å². The van der Waals surface area contributed by atoms with Crippen molar-refractivity contribution in [3.8, 4) is 0 Å². The van der Waals surface area contributed by atoms with Crippen LogP contribution in [0.25, 0.3) is 11.0 Å². The number of halogens is 3. The van der Waals surface area contributed by atoms with Crippen LogP contribution >= 0.6 is 0 Å². The summed E-state index contributed by atoms with van der Waals surface area (Å²) in [6.45, 7) is 1.86. The standard InChI is InChI=1S/C14H13F3N2O2/c1-13(3-4-13)10-6-8(14(15,16)17)7-5-9(12(20)21)19(2)11(7)18-10/h5-6H,3-4H2,1-2H3,(H,20,21). The SMILES string of the molecule is Cn1c(C(=O)O)cc2c(C(F)(F)F)cc(C3(C)CC3)nc21. The molecule has 3 rings (SSSR count). The highest BCUT2D eigenvalue weighted by molar-refractivity contribution is 5.94. The van der Waals surface area contributed by atoms with E-state index in [1.54, 1.807) is 0 Å². The number of carboxylic acid groups (broad SMARTS) is 1. The zero-order chi connectivity index (χ0) is 15.6. The first-order valence-corrected chi connectivity index (χ1v) is 6.45. The summed E-state index contributed by atoms with van der Waals surface area (Å²) < 4.78 is 41.0. The lowest BCUT2D eigenvalue weighted by Crippen LogP contribution is -2.12. The highest BCUT2D eigenvalue weighted by Gasteiger charge is 2.43. The molecule has 2 aromatic heterocycles. The molecule has 0 spiro atoms. The van der Waals surface area contributed by atoms with Crippen LogP contribution in [-0.2, 0) is 18.6 Å². The molecule has 7 heteroatoms. The van der Waals surface area contributed by atoms with E-state index in [1.807, 2.05) is 6.92 Å². The maximum atomic E-state index is 13.3. The van der Waals surface area contributed by atoms with Gasteiger partial charge in [-0.1, -0.05) is 6.92 Å². The molecule has 0 radical (unpaired) electrons. The van der Waals surface area contributed by atoms with Gasteiger partial charge in [0.25, 0.3) is 0 Å². The first kappa shape index (κ1) is 13.9. The lowest BCUT2D eigenvalue weighted by atomic mass is 10.0. The minimum absolute atomic E-state index is 0.0605. The molecule has 2 aromatic rings. The van der Waals surface area contributed by atoms with E-state index in [2.05, 4.69) is 4.98 Å². The summed E-state index contributed by atoms with van der Waals surface area (Å²) in [6.07, 6.45) is -2.96. The third-order valence-corrected chi connectivity index (χ3v) is 4.14. The summed E-state index contributed by atoms with van der Waals surface area (Å²) in [5.74, 6) is -1.28. The number of nitrogens with zero attached hydrogens (tertiary/aromatic N) is 2. The normalized spacial score (nSPS) is 17.2. The number of alkyl halides is 3. The fraction of sp³-hybridized carbons (Fsp3) is 0.429. The van der Waals surface area contributed by atoms with Crippen molar-refractivity contribution in [3.05, 3.63) is 29.1 Å². The number of aryl methyl sites for hydroxylation is 1. The number of rotatable bonds is 2. The monoisotopic (exact) mass is 298 g/mol. The van der Waals surface area contributed by atoms with Crippen LogP contribution in [0.5, 0.6) is 0 Å². The molecule has 0 bridgehead atoms. The van der Waals surface area contributed by atoms with Gasteiger partial charge in [0.1, 0.15) is 11.3 Å². The van der Waals surface area contributed by atoms with Gasteiger partial charge < -0.3 is 9.67 Å². The number of pyridine rings is 1. The van der Waals surface area contributed by atoms with E-state index in [4.69, 9.17) is 5.11 Å². The van der Waals surface area contributed by atoms with Gasteiger partial charge in [0.2, 0.25) is 0 Å². The predicted molar refractivity (Wildman–Crippen MR) is 69.3 cm³/mol. The van der Waals surface area contributed by atoms with Crippen LogP contribution in [0, 0.1) is 0 Å². The number of aromatic carboxylic acids is 1. The summed E-state index contributed by atoms with van der Waals surface area (Å²) in [4.78, 5) is 15.4. The zero-order valence-corrected chi connectivity index (χ0v) is 11.5. The van der Waals surface area contributed by atoms with E-state index in [1.165, 1.54) is 11.6 Å². The van der Waals surface area contributed by atoms with E-state index >= 15 is 0 Å². The average Bonchev–Trinajstić information content (AvgIpc) is 3.03. The van der Waals surface area contributed by atoms with E-state index in [-0.39, 0.29) is 22.1 Å². The summed E-state index contributed by atoms with van der Waals surface area (Å²) >= 11 is 0. The Labute approximate surface area is 118 Å². The zero-order valence-electron chi connectivity index (χ0n) is 11.5. The van der Waals surface area contributed by atoms with Gasteiger partial charge in [0, 0.05) is 23.5 Å². The van der Waals surface area contributed by atoms with Crippen molar-refractivity contribution in [1.29, 1.82) is 0 Å². The largest absolute Gasteiger partial charge is 0.477 e. The Morgan fingerprint density at radius 1 is 1.38 bits per heavy atom. The maximum absolute atomic E-state index is 13.3. The van der Waals surface area contributed by atoms with Gasteiger partial charge in [-0.2, -0.15) is 13.2 Å². The molecule has 0 amide bonds. The second-order valence-corrected chi connectivity index (χ2v) is 5.74. The molecule has 0 aromatic carbocycles. The minimum Gasteiger partial charge on any atom is -0.477 e. The molecule has 0 aliphatic heterocycles. The maximum Gasteiger partial charge on any atom is 0.417 e. The van der Waals surface area contributed by atoms with Crippen LogP contribution in [0.2, 0.25) is 0 Å². The molecular weight excluding hydrogens is 285 g/mol. The van der Waals surface area contributed by atoms with E-state index in [0.29, 0.717) is 5.69 Å². The van der Waals surface area contributed by atoms with E-state index in [9.17, 15) is 18.0 Å². The first-order chi connectivity index (χ1) is 9.63. The number of aromatic nitrogens is 2. The third-order valence-electron chi connectivity index (χ3n) is 4.14. The average molecular weight is 298 g/mol. The van der Waals surface area contributed by atoms with Crippen molar-refractivity contribution < 1.29 is 23.1 Å². The van der Waals surface area contributed by atoms with Gasteiger partial charge in [0.05, 0.1) is 5.56 Å². The molecule has 21 heavy (non-hydrogen) atoms. The van der Waals surface area contributed by atoms with Gasteiger partial charge in [-0.3, -0.25) is 0 Å². The molecule has 4 nitrogen and oxygen atoms in total. The molecule has 1 fully saturated rings. The molecular formula is C14H13F3N2O2. The number of carboxylic acids is 1. The molecule has 112 valence electrons. The molecule has 0 unspecified atom stereocenters. The molecule has 1 saturated carbocycles. The van der Waals surface area contributed by atoms with Crippen molar-refractivity contribution in [2.24, 2.45) is 7.05 Å². The third kappa shape index (κ3) is 2.07. The topological polar surface area (TPSA) is 55.1 Å². The van der Waals surface area contributed by atoms with Crippen LogP contribution in [0.1, 0.15) is 41.5 Å². The van der Waals surface area contributed by atoms with Gasteiger partial charge in [0.15, 0.2) is 0 Å². The van der Waals surface area contributed by atoms with Crippen molar-refractivity contribution in [1.82, 2.24) is 9.55 Å². The Morgan fingerprint density at radius 3 is 2.48 bits per heavy atom. The first-order valence-electron chi connectivity index (χ1n) is 6.45. The van der Waals surface area contributed by atoms with Gasteiger partial charge >= 0.3 is 12.1 Å². The number of fused-ring (bicyclic) bond motifs is 1. The van der Waals surface area contributed by atoms with Gasteiger partial charge in [-0.25, -0.2) is 9.78 Å². The van der Waals surface area contributed by atoms with Crippen LogP contribution < -0.4 is 0 Å². The van der Waals surface area contributed by atoms with Crippen LogP contribution in [-0.4, -0.2) is 20.6 Å². The Balaban J connectivity index is 2.36.